The predicted molar refractivity (Wildman–Crippen MR) is 89.1 cm³/mol. The zero-order valence-corrected chi connectivity index (χ0v) is 13.2. The van der Waals surface area contributed by atoms with Gasteiger partial charge in [0.2, 0.25) is 0 Å². The lowest BCUT2D eigenvalue weighted by atomic mass is 10.2. The minimum absolute atomic E-state index is 0.0153. The van der Waals surface area contributed by atoms with E-state index in [1.54, 1.807) is 19.1 Å². The quantitative estimate of drug-likeness (QED) is 0.614. The molecule has 4 heteroatoms. The van der Waals surface area contributed by atoms with E-state index in [2.05, 4.69) is 12.1 Å². The summed E-state index contributed by atoms with van der Waals surface area (Å²) in [6, 6.07) is 13.3. The molecule has 1 aromatic heterocycles. The van der Waals surface area contributed by atoms with E-state index in [-0.39, 0.29) is 5.78 Å². The summed E-state index contributed by atoms with van der Waals surface area (Å²) in [4.78, 5) is 11.8. The number of unbranched alkanes of at least 4 members (excludes halogenated alkanes) is 1. The third-order valence-corrected chi connectivity index (χ3v) is 3.62. The molecule has 0 bridgehead atoms. The Morgan fingerprint density at radius 1 is 1.26 bits per heavy atom. The molecule has 0 amide bonds. The summed E-state index contributed by atoms with van der Waals surface area (Å²) in [5, 5.41) is 17.5. The predicted octanol–water partition coefficient (Wildman–Crippen LogP) is 4.18. The first-order chi connectivity index (χ1) is 11.1. The van der Waals surface area contributed by atoms with Crippen LogP contribution in [0.4, 0.5) is 0 Å². The van der Waals surface area contributed by atoms with E-state index < -0.39 is 0 Å². The van der Waals surface area contributed by atoms with Crippen LogP contribution >= 0.6 is 0 Å². The van der Waals surface area contributed by atoms with Crippen LogP contribution in [-0.4, -0.2) is 10.4 Å². The number of Topliss-reactive ketones (excluding diaryl/α,β-unsaturated/α-hetero) is 1. The van der Waals surface area contributed by atoms with E-state index in [1.165, 1.54) is 0 Å². The Hall–Kier alpha value is -3.11. The number of allylic oxidation sites excluding steroid dienone is 1. The summed E-state index contributed by atoms with van der Waals surface area (Å²) in [6.45, 7) is 3.45. The first-order valence-electron chi connectivity index (χ1n) is 7.35. The molecule has 0 N–H and O–H groups in total. The van der Waals surface area contributed by atoms with Crippen LogP contribution in [0.25, 0.3) is 11.8 Å². The molecule has 114 valence electrons. The lowest BCUT2D eigenvalue weighted by Crippen LogP contribution is -2.01. The summed E-state index contributed by atoms with van der Waals surface area (Å²) in [5.74, 6) is 0.0153. The van der Waals surface area contributed by atoms with Gasteiger partial charge in [-0.25, -0.2) is 0 Å². The van der Waals surface area contributed by atoms with Crippen molar-refractivity contribution in [3.05, 3.63) is 58.9 Å². The highest BCUT2D eigenvalue weighted by Gasteiger charge is 2.14. The second-order valence-electron chi connectivity index (χ2n) is 5.22. The monoisotopic (exact) mass is 303 g/mol. The lowest BCUT2D eigenvalue weighted by molar-refractivity contribution is 0.101. The smallest absolute Gasteiger partial charge is 0.161 e. The first kappa shape index (κ1) is 16.3. The van der Waals surface area contributed by atoms with Crippen LogP contribution in [0.2, 0.25) is 0 Å². The molecule has 23 heavy (non-hydrogen) atoms. The van der Waals surface area contributed by atoms with Crippen LogP contribution in [-0.2, 0) is 0 Å². The summed E-state index contributed by atoms with van der Waals surface area (Å²) < 4.78 is 1.99. The molecule has 1 heterocycles. The average Bonchev–Trinajstić information content (AvgIpc) is 2.88. The molecule has 0 saturated carbocycles. The summed E-state index contributed by atoms with van der Waals surface area (Å²) in [7, 11) is 0. The molecule has 0 aliphatic heterocycles. The number of nitriles is 2. The Balaban J connectivity index is 2.50. The highest BCUT2D eigenvalue weighted by molar-refractivity contribution is 5.96. The van der Waals surface area contributed by atoms with Crippen molar-refractivity contribution in [3.63, 3.8) is 0 Å². The van der Waals surface area contributed by atoms with Crippen molar-refractivity contribution in [2.45, 2.75) is 26.7 Å². The van der Waals surface area contributed by atoms with Crippen molar-refractivity contribution in [1.82, 2.24) is 4.57 Å². The minimum atomic E-state index is 0.0153. The number of aromatic nitrogens is 1. The topological polar surface area (TPSA) is 69.6 Å². The number of carbonyl (C=O) groups is 1. The number of hydrogen-bond donors (Lipinski definition) is 0. The number of nitrogens with zero attached hydrogens (tertiary/aromatic N) is 3. The van der Waals surface area contributed by atoms with Crippen LogP contribution in [0.15, 0.2) is 36.4 Å². The number of ketones is 1. The Morgan fingerprint density at radius 2 is 1.96 bits per heavy atom. The number of carbonyl (C=O) groups excluding carboxylic acids is 1. The Morgan fingerprint density at radius 3 is 2.52 bits per heavy atom. The summed E-state index contributed by atoms with van der Waals surface area (Å²) in [5.41, 5.74) is 3.91. The van der Waals surface area contributed by atoms with Crippen molar-refractivity contribution < 1.29 is 4.79 Å². The van der Waals surface area contributed by atoms with E-state index in [0.29, 0.717) is 24.0 Å². The maximum absolute atomic E-state index is 11.8. The number of hydrogen-bond acceptors (Lipinski definition) is 3. The van der Waals surface area contributed by atoms with Crippen molar-refractivity contribution >= 4 is 11.9 Å². The summed E-state index contributed by atoms with van der Waals surface area (Å²) in [6.07, 6.45) is 4.99. The molecule has 0 radical (unpaired) electrons. The standard InChI is InChI=1S/C19H17N3O/c1-14-19(15(2)23)12-18(6-4-3-5-11-20)22(14)17-9-7-16(13-21)8-10-17/h4,6-10,12H,3,5H2,1-2H3/b6-4+. The van der Waals surface area contributed by atoms with Crippen molar-refractivity contribution in [3.8, 4) is 17.8 Å². The molecule has 0 spiro atoms. The number of rotatable bonds is 5. The van der Waals surface area contributed by atoms with Gasteiger partial charge in [0.15, 0.2) is 5.78 Å². The molecule has 0 saturated heterocycles. The Bertz CT molecular complexity index is 827. The van der Waals surface area contributed by atoms with E-state index in [9.17, 15) is 4.79 Å². The van der Waals surface area contributed by atoms with Gasteiger partial charge in [-0.15, -0.1) is 0 Å². The van der Waals surface area contributed by atoms with Gasteiger partial charge in [0, 0.05) is 29.1 Å². The first-order valence-corrected chi connectivity index (χ1v) is 7.35. The second-order valence-corrected chi connectivity index (χ2v) is 5.22. The molecule has 1 aromatic carbocycles. The molecule has 4 nitrogen and oxygen atoms in total. The van der Waals surface area contributed by atoms with E-state index in [0.717, 1.165) is 17.1 Å². The third kappa shape index (κ3) is 3.56. The number of benzene rings is 1. The maximum atomic E-state index is 11.8. The van der Waals surface area contributed by atoms with Gasteiger partial charge in [0.1, 0.15) is 0 Å². The van der Waals surface area contributed by atoms with Gasteiger partial charge in [-0.1, -0.05) is 6.08 Å². The molecule has 2 rings (SSSR count). The highest BCUT2D eigenvalue weighted by atomic mass is 16.1. The lowest BCUT2D eigenvalue weighted by Gasteiger charge is -2.10. The van der Waals surface area contributed by atoms with Gasteiger partial charge in [0.05, 0.1) is 17.7 Å². The van der Waals surface area contributed by atoms with E-state index in [1.807, 2.05) is 41.8 Å². The van der Waals surface area contributed by atoms with Gasteiger partial charge in [-0.3, -0.25) is 4.79 Å². The molecule has 0 atom stereocenters. The van der Waals surface area contributed by atoms with Gasteiger partial charge in [0.25, 0.3) is 0 Å². The van der Waals surface area contributed by atoms with Crippen LogP contribution in [0.5, 0.6) is 0 Å². The molecule has 0 aliphatic carbocycles. The van der Waals surface area contributed by atoms with Crippen LogP contribution in [0.1, 0.15) is 47.1 Å². The molecular formula is C19H17N3O. The van der Waals surface area contributed by atoms with Crippen LogP contribution in [0, 0.1) is 29.6 Å². The minimum Gasteiger partial charge on any atom is -0.314 e. The zero-order valence-electron chi connectivity index (χ0n) is 13.2. The van der Waals surface area contributed by atoms with Gasteiger partial charge in [-0.05, 0) is 56.7 Å². The van der Waals surface area contributed by atoms with Crippen molar-refractivity contribution in [1.29, 1.82) is 10.5 Å². The van der Waals surface area contributed by atoms with Crippen molar-refractivity contribution in [2.24, 2.45) is 0 Å². The van der Waals surface area contributed by atoms with Crippen LogP contribution in [0.3, 0.4) is 0 Å². The van der Waals surface area contributed by atoms with Gasteiger partial charge in [-0.2, -0.15) is 10.5 Å². The normalized spacial score (nSPS) is 10.4. The zero-order chi connectivity index (χ0) is 16.8. The van der Waals surface area contributed by atoms with Crippen molar-refractivity contribution in [2.75, 3.05) is 0 Å². The average molecular weight is 303 g/mol. The second kappa shape index (κ2) is 7.24. The van der Waals surface area contributed by atoms with Crippen LogP contribution < -0.4 is 0 Å². The molecule has 0 unspecified atom stereocenters. The van der Waals surface area contributed by atoms with Gasteiger partial charge < -0.3 is 4.57 Å². The fraction of sp³-hybridized carbons (Fsp3) is 0.211. The third-order valence-electron chi connectivity index (χ3n) is 3.62. The largest absolute Gasteiger partial charge is 0.314 e. The molecule has 0 fully saturated rings. The Kier molecular flexibility index (Phi) is 5.12. The molecular weight excluding hydrogens is 286 g/mol. The fourth-order valence-corrected chi connectivity index (χ4v) is 2.49. The molecule has 0 aliphatic rings. The van der Waals surface area contributed by atoms with E-state index in [4.69, 9.17) is 10.5 Å². The SMILES string of the molecule is CC(=O)c1cc(/C=C/CCC#N)n(-c2ccc(C#N)cc2)c1C. The Labute approximate surface area is 135 Å². The fourth-order valence-electron chi connectivity index (χ4n) is 2.49. The molecule has 2 aromatic rings. The van der Waals surface area contributed by atoms with Gasteiger partial charge >= 0.3 is 0 Å². The maximum Gasteiger partial charge on any atom is 0.161 e. The highest BCUT2D eigenvalue weighted by Crippen LogP contribution is 2.23. The summed E-state index contributed by atoms with van der Waals surface area (Å²) >= 11 is 0. The van der Waals surface area contributed by atoms with E-state index >= 15 is 0 Å².